The number of fused-ring (bicyclic) bond motifs is 1. The van der Waals surface area contributed by atoms with Gasteiger partial charge in [-0.05, 0) is 36.1 Å². The van der Waals surface area contributed by atoms with Gasteiger partial charge in [0.1, 0.15) is 5.58 Å². The minimum Gasteiger partial charge on any atom is -0.423 e. The third kappa shape index (κ3) is 4.07. The van der Waals surface area contributed by atoms with Crippen LogP contribution >= 0.6 is 0 Å². The topological polar surface area (TPSA) is 71.3 Å². The molecule has 2 aromatic carbocycles. The molecule has 0 fully saturated rings. The quantitative estimate of drug-likeness (QED) is 0.707. The Kier molecular flexibility index (Phi) is 4.84. The number of anilines is 1. The van der Waals surface area contributed by atoms with Gasteiger partial charge in [-0.15, -0.1) is 0 Å². The van der Waals surface area contributed by atoms with Crippen molar-refractivity contribution >= 4 is 22.7 Å². The first-order valence-electron chi connectivity index (χ1n) is 8.17. The van der Waals surface area contributed by atoms with Crippen LogP contribution in [0.4, 0.5) is 10.5 Å². The van der Waals surface area contributed by atoms with Crippen LogP contribution in [0, 0.1) is 6.92 Å². The lowest BCUT2D eigenvalue weighted by Gasteiger charge is -2.14. The molecule has 0 saturated heterocycles. The number of nitrogens with one attached hydrogen (secondary N) is 2. The van der Waals surface area contributed by atoms with Crippen molar-refractivity contribution in [2.45, 2.75) is 19.8 Å². The summed E-state index contributed by atoms with van der Waals surface area (Å²) in [4.78, 5) is 23.6. The molecule has 2 N–H and O–H groups in total. The molecular formula is C20H20N2O3. The fraction of sp³-hybridized carbons (Fsp3) is 0.200. The van der Waals surface area contributed by atoms with E-state index in [2.05, 4.69) is 17.6 Å². The Hall–Kier alpha value is -3.08. The van der Waals surface area contributed by atoms with Crippen molar-refractivity contribution in [3.8, 4) is 0 Å². The maximum atomic E-state index is 12.1. The molecule has 0 unspecified atom stereocenters. The van der Waals surface area contributed by atoms with E-state index in [1.165, 1.54) is 11.6 Å². The zero-order valence-electron chi connectivity index (χ0n) is 14.2. The van der Waals surface area contributed by atoms with Gasteiger partial charge in [0.2, 0.25) is 0 Å². The molecule has 25 heavy (non-hydrogen) atoms. The Bertz CT molecular complexity index is 948. The van der Waals surface area contributed by atoms with E-state index < -0.39 is 5.63 Å². The van der Waals surface area contributed by atoms with Crippen molar-refractivity contribution in [2.24, 2.45) is 0 Å². The summed E-state index contributed by atoms with van der Waals surface area (Å²) in [6, 6.07) is 16.4. The predicted octanol–water partition coefficient (Wildman–Crippen LogP) is 4.03. The first-order chi connectivity index (χ1) is 12.0. The average Bonchev–Trinajstić information content (AvgIpc) is 2.60. The average molecular weight is 336 g/mol. The normalized spacial score (nSPS) is 11.9. The number of hydrogen-bond donors (Lipinski definition) is 2. The lowest BCUT2D eigenvalue weighted by Crippen LogP contribution is -2.31. The third-order valence-corrected chi connectivity index (χ3v) is 4.15. The van der Waals surface area contributed by atoms with Crippen molar-refractivity contribution in [3.05, 3.63) is 76.1 Å². The largest absolute Gasteiger partial charge is 0.423 e. The summed E-state index contributed by atoms with van der Waals surface area (Å²) in [5.41, 5.74) is 2.65. The number of rotatable bonds is 4. The minimum absolute atomic E-state index is 0.212. The summed E-state index contributed by atoms with van der Waals surface area (Å²) >= 11 is 0. The number of carbonyl (C=O) groups is 1. The van der Waals surface area contributed by atoms with Gasteiger partial charge in [-0.3, -0.25) is 0 Å². The molecule has 1 aromatic heterocycles. The van der Waals surface area contributed by atoms with E-state index in [4.69, 9.17) is 4.42 Å². The summed E-state index contributed by atoms with van der Waals surface area (Å²) in [5, 5.41) is 6.48. The van der Waals surface area contributed by atoms with E-state index in [-0.39, 0.29) is 11.9 Å². The van der Waals surface area contributed by atoms with E-state index in [9.17, 15) is 9.59 Å². The molecule has 1 atom stereocenters. The number of carbonyl (C=O) groups excluding carboxylic acids is 1. The molecule has 3 aromatic rings. The van der Waals surface area contributed by atoms with Crippen LogP contribution in [0.3, 0.4) is 0 Å². The molecule has 0 saturated carbocycles. The lowest BCUT2D eigenvalue weighted by atomic mass is 10.0. The molecule has 3 rings (SSSR count). The molecule has 0 bridgehead atoms. The van der Waals surface area contributed by atoms with Crippen molar-refractivity contribution in [3.63, 3.8) is 0 Å². The molecule has 128 valence electrons. The maximum absolute atomic E-state index is 12.1. The van der Waals surface area contributed by atoms with E-state index >= 15 is 0 Å². The summed E-state index contributed by atoms with van der Waals surface area (Å²) < 4.78 is 5.19. The number of urea groups is 1. The zero-order valence-corrected chi connectivity index (χ0v) is 14.2. The zero-order chi connectivity index (χ0) is 17.8. The second kappa shape index (κ2) is 7.21. The Morgan fingerprint density at radius 2 is 1.88 bits per heavy atom. The molecule has 0 spiro atoms. The van der Waals surface area contributed by atoms with E-state index in [0.717, 1.165) is 10.9 Å². The maximum Gasteiger partial charge on any atom is 0.336 e. The second-order valence-corrected chi connectivity index (χ2v) is 6.11. The van der Waals surface area contributed by atoms with Gasteiger partial charge in [0.25, 0.3) is 0 Å². The molecule has 5 heteroatoms. The van der Waals surface area contributed by atoms with Crippen molar-refractivity contribution in [1.29, 1.82) is 0 Å². The van der Waals surface area contributed by atoms with Gasteiger partial charge < -0.3 is 15.1 Å². The van der Waals surface area contributed by atoms with Gasteiger partial charge in [0.05, 0.1) is 0 Å². The number of aryl methyl sites for hydroxylation is 1. The SMILES string of the molecule is Cc1cc(=O)oc2cc(NC(=O)NC[C@@H](C)c3ccccc3)ccc12. The Labute approximate surface area is 145 Å². The van der Waals surface area contributed by atoms with Gasteiger partial charge in [0, 0.05) is 29.8 Å². The predicted molar refractivity (Wildman–Crippen MR) is 99.1 cm³/mol. The molecule has 2 amide bonds. The summed E-state index contributed by atoms with van der Waals surface area (Å²) in [6.07, 6.45) is 0. The smallest absolute Gasteiger partial charge is 0.336 e. The van der Waals surface area contributed by atoms with Crippen molar-refractivity contribution in [2.75, 3.05) is 11.9 Å². The van der Waals surface area contributed by atoms with Gasteiger partial charge in [-0.25, -0.2) is 9.59 Å². The van der Waals surface area contributed by atoms with E-state index in [1.54, 1.807) is 12.1 Å². The highest BCUT2D eigenvalue weighted by atomic mass is 16.4. The molecular weight excluding hydrogens is 316 g/mol. The van der Waals surface area contributed by atoms with Crippen molar-refractivity contribution < 1.29 is 9.21 Å². The van der Waals surface area contributed by atoms with Crippen molar-refractivity contribution in [1.82, 2.24) is 5.32 Å². The standard InChI is InChI=1S/C20H20N2O3/c1-13-10-19(23)25-18-11-16(8-9-17(13)18)22-20(24)21-12-14(2)15-6-4-3-5-7-15/h3-11,14H,12H2,1-2H3,(H2,21,22,24)/t14-/m1/s1. The second-order valence-electron chi connectivity index (χ2n) is 6.11. The van der Waals surface area contributed by atoms with Gasteiger partial charge in [-0.2, -0.15) is 0 Å². The van der Waals surface area contributed by atoms with Crippen LogP contribution in [-0.4, -0.2) is 12.6 Å². The van der Waals surface area contributed by atoms with Gasteiger partial charge >= 0.3 is 11.7 Å². The molecule has 0 aliphatic carbocycles. The highest BCUT2D eigenvalue weighted by Gasteiger charge is 2.09. The van der Waals surface area contributed by atoms with Gasteiger partial charge in [-0.1, -0.05) is 37.3 Å². The van der Waals surface area contributed by atoms with Crippen LogP contribution < -0.4 is 16.3 Å². The fourth-order valence-corrected chi connectivity index (χ4v) is 2.72. The Balaban J connectivity index is 1.65. The summed E-state index contributed by atoms with van der Waals surface area (Å²) in [5.74, 6) is 0.212. The first kappa shape index (κ1) is 16.8. The highest BCUT2D eigenvalue weighted by Crippen LogP contribution is 2.20. The fourth-order valence-electron chi connectivity index (χ4n) is 2.72. The summed E-state index contributed by atoms with van der Waals surface area (Å²) in [7, 11) is 0. The van der Waals surface area contributed by atoms with E-state index in [1.807, 2.05) is 43.3 Å². The van der Waals surface area contributed by atoms with Crippen LogP contribution in [0.25, 0.3) is 11.0 Å². The number of benzene rings is 2. The highest BCUT2D eigenvalue weighted by molar-refractivity contribution is 5.92. The van der Waals surface area contributed by atoms with Crippen LogP contribution in [0.2, 0.25) is 0 Å². The lowest BCUT2D eigenvalue weighted by molar-refractivity contribution is 0.251. The number of hydrogen-bond acceptors (Lipinski definition) is 3. The molecule has 0 aliphatic heterocycles. The molecule has 5 nitrogen and oxygen atoms in total. The molecule has 0 radical (unpaired) electrons. The van der Waals surface area contributed by atoms with Crippen LogP contribution in [0.15, 0.2) is 63.8 Å². The summed E-state index contributed by atoms with van der Waals surface area (Å²) in [6.45, 7) is 4.44. The molecule has 0 aliphatic rings. The monoisotopic (exact) mass is 336 g/mol. The van der Waals surface area contributed by atoms with Crippen LogP contribution in [-0.2, 0) is 0 Å². The van der Waals surface area contributed by atoms with E-state index in [0.29, 0.717) is 17.8 Å². The van der Waals surface area contributed by atoms with Crippen LogP contribution in [0.1, 0.15) is 24.0 Å². The Morgan fingerprint density at radius 3 is 2.64 bits per heavy atom. The van der Waals surface area contributed by atoms with Gasteiger partial charge in [0.15, 0.2) is 0 Å². The first-order valence-corrected chi connectivity index (χ1v) is 8.17. The number of amides is 2. The van der Waals surface area contributed by atoms with Crippen LogP contribution in [0.5, 0.6) is 0 Å². The minimum atomic E-state index is -0.400. The third-order valence-electron chi connectivity index (χ3n) is 4.15. The molecule has 1 heterocycles. The Morgan fingerprint density at radius 1 is 1.12 bits per heavy atom.